The van der Waals surface area contributed by atoms with E-state index in [1.807, 2.05) is 0 Å². The summed E-state index contributed by atoms with van der Waals surface area (Å²) >= 11 is 0. The maximum atomic E-state index is 11.7. The summed E-state index contributed by atoms with van der Waals surface area (Å²) in [7, 11) is 0. The Kier molecular flexibility index (Phi) is 3.69. The SMILES string of the molecule is O=C(NCCc1ncn[nH]1)C1CC=CCC1. The number of H-pyrrole nitrogens is 1. The Balaban J connectivity index is 1.69. The molecule has 0 bridgehead atoms. The van der Waals surface area contributed by atoms with E-state index in [1.54, 1.807) is 0 Å². The van der Waals surface area contributed by atoms with E-state index in [0.717, 1.165) is 25.1 Å². The Hall–Kier alpha value is -1.65. The van der Waals surface area contributed by atoms with E-state index in [1.165, 1.54) is 6.33 Å². The molecule has 1 aromatic heterocycles. The van der Waals surface area contributed by atoms with Gasteiger partial charge in [-0.2, -0.15) is 5.10 Å². The minimum atomic E-state index is 0.153. The quantitative estimate of drug-likeness (QED) is 0.738. The van der Waals surface area contributed by atoms with E-state index in [-0.39, 0.29) is 11.8 Å². The molecule has 0 spiro atoms. The normalized spacial score (nSPS) is 19.6. The highest BCUT2D eigenvalue weighted by atomic mass is 16.1. The van der Waals surface area contributed by atoms with Crippen molar-refractivity contribution in [1.82, 2.24) is 20.5 Å². The summed E-state index contributed by atoms with van der Waals surface area (Å²) in [6, 6.07) is 0. The average Bonchev–Trinajstić information content (AvgIpc) is 2.83. The van der Waals surface area contributed by atoms with Crippen molar-refractivity contribution in [2.75, 3.05) is 6.54 Å². The number of hydrogen-bond donors (Lipinski definition) is 2. The molecule has 0 fully saturated rings. The van der Waals surface area contributed by atoms with Gasteiger partial charge in [0.15, 0.2) is 0 Å². The molecule has 16 heavy (non-hydrogen) atoms. The van der Waals surface area contributed by atoms with Gasteiger partial charge in [-0.15, -0.1) is 0 Å². The third-order valence-corrected chi connectivity index (χ3v) is 2.77. The highest BCUT2D eigenvalue weighted by Crippen LogP contribution is 2.17. The molecule has 5 heteroatoms. The van der Waals surface area contributed by atoms with Crippen molar-refractivity contribution < 1.29 is 4.79 Å². The van der Waals surface area contributed by atoms with Crippen LogP contribution in [0.4, 0.5) is 0 Å². The van der Waals surface area contributed by atoms with Gasteiger partial charge in [-0.25, -0.2) is 4.98 Å². The number of carbonyl (C=O) groups is 1. The first-order valence-electron chi connectivity index (χ1n) is 5.63. The largest absolute Gasteiger partial charge is 0.355 e. The van der Waals surface area contributed by atoms with Crippen molar-refractivity contribution in [3.05, 3.63) is 24.3 Å². The van der Waals surface area contributed by atoms with Crippen LogP contribution < -0.4 is 5.32 Å². The number of carbonyl (C=O) groups excluding carboxylic acids is 1. The zero-order valence-corrected chi connectivity index (χ0v) is 9.15. The van der Waals surface area contributed by atoms with Crippen LogP contribution in [0.15, 0.2) is 18.5 Å². The lowest BCUT2D eigenvalue weighted by Gasteiger charge is -2.16. The number of amides is 1. The molecule has 0 radical (unpaired) electrons. The van der Waals surface area contributed by atoms with Gasteiger partial charge in [-0.1, -0.05) is 12.2 Å². The topological polar surface area (TPSA) is 70.7 Å². The van der Waals surface area contributed by atoms with Crippen LogP contribution in [0.3, 0.4) is 0 Å². The van der Waals surface area contributed by atoms with Crippen LogP contribution in [0.1, 0.15) is 25.1 Å². The van der Waals surface area contributed by atoms with E-state index in [9.17, 15) is 4.79 Å². The number of aromatic nitrogens is 3. The van der Waals surface area contributed by atoms with Crippen molar-refractivity contribution in [3.63, 3.8) is 0 Å². The number of allylic oxidation sites excluding steroid dienone is 2. The average molecular weight is 220 g/mol. The van der Waals surface area contributed by atoms with Crippen LogP contribution in [0.2, 0.25) is 0 Å². The van der Waals surface area contributed by atoms with Crippen molar-refractivity contribution in [2.45, 2.75) is 25.7 Å². The Bertz CT molecular complexity index is 358. The minimum Gasteiger partial charge on any atom is -0.355 e. The summed E-state index contributed by atoms with van der Waals surface area (Å²) in [5.41, 5.74) is 0. The maximum Gasteiger partial charge on any atom is 0.223 e. The van der Waals surface area contributed by atoms with E-state index >= 15 is 0 Å². The molecule has 0 saturated heterocycles. The first kappa shape index (κ1) is 10.9. The second kappa shape index (κ2) is 5.44. The van der Waals surface area contributed by atoms with Gasteiger partial charge in [0, 0.05) is 18.9 Å². The Labute approximate surface area is 94.3 Å². The lowest BCUT2D eigenvalue weighted by atomic mass is 9.94. The molecular formula is C11H16N4O. The summed E-state index contributed by atoms with van der Waals surface area (Å²) in [4.78, 5) is 15.7. The number of aromatic amines is 1. The van der Waals surface area contributed by atoms with Crippen LogP contribution >= 0.6 is 0 Å². The molecule has 1 amide bonds. The van der Waals surface area contributed by atoms with Gasteiger partial charge < -0.3 is 5.32 Å². The van der Waals surface area contributed by atoms with Crippen molar-refractivity contribution in [3.8, 4) is 0 Å². The first-order valence-corrected chi connectivity index (χ1v) is 5.63. The number of nitrogens with zero attached hydrogens (tertiary/aromatic N) is 2. The summed E-state index contributed by atoms with van der Waals surface area (Å²) in [5.74, 6) is 1.12. The minimum absolute atomic E-state index is 0.153. The highest BCUT2D eigenvalue weighted by molar-refractivity contribution is 5.78. The fourth-order valence-electron chi connectivity index (χ4n) is 1.83. The summed E-state index contributed by atoms with van der Waals surface area (Å²) in [6.45, 7) is 0.619. The number of hydrogen-bond acceptors (Lipinski definition) is 3. The van der Waals surface area contributed by atoms with E-state index in [4.69, 9.17) is 0 Å². The lowest BCUT2D eigenvalue weighted by molar-refractivity contribution is -0.125. The molecule has 1 unspecified atom stereocenters. The Morgan fingerprint density at radius 2 is 2.50 bits per heavy atom. The monoisotopic (exact) mass is 220 g/mol. The molecule has 0 aromatic carbocycles. The van der Waals surface area contributed by atoms with Gasteiger partial charge >= 0.3 is 0 Å². The third-order valence-electron chi connectivity index (χ3n) is 2.77. The van der Waals surface area contributed by atoms with Crippen molar-refractivity contribution in [2.24, 2.45) is 5.92 Å². The molecule has 1 aliphatic carbocycles. The molecule has 86 valence electrons. The Morgan fingerprint density at radius 3 is 3.19 bits per heavy atom. The maximum absolute atomic E-state index is 11.7. The summed E-state index contributed by atoms with van der Waals surface area (Å²) in [6.07, 6.45) is 9.25. The van der Waals surface area contributed by atoms with Crippen LogP contribution in [0, 0.1) is 5.92 Å². The number of nitrogens with one attached hydrogen (secondary N) is 2. The molecule has 1 heterocycles. The summed E-state index contributed by atoms with van der Waals surface area (Å²) < 4.78 is 0. The predicted molar refractivity (Wildman–Crippen MR) is 59.6 cm³/mol. The fourth-order valence-corrected chi connectivity index (χ4v) is 1.83. The predicted octanol–water partition coefficient (Wildman–Crippen LogP) is 0.820. The van der Waals surface area contributed by atoms with Gasteiger partial charge in [-0.05, 0) is 19.3 Å². The molecule has 0 saturated carbocycles. The van der Waals surface area contributed by atoms with Gasteiger partial charge in [0.2, 0.25) is 5.91 Å². The molecule has 1 aromatic rings. The fraction of sp³-hybridized carbons (Fsp3) is 0.545. The molecular weight excluding hydrogens is 204 g/mol. The second-order valence-electron chi connectivity index (χ2n) is 3.95. The summed E-state index contributed by atoms with van der Waals surface area (Å²) in [5, 5.41) is 9.45. The van der Waals surface area contributed by atoms with Gasteiger partial charge in [0.1, 0.15) is 12.2 Å². The second-order valence-corrected chi connectivity index (χ2v) is 3.95. The van der Waals surface area contributed by atoms with E-state index < -0.39 is 0 Å². The van der Waals surface area contributed by atoms with Gasteiger partial charge in [0.05, 0.1) is 0 Å². The zero-order chi connectivity index (χ0) is 11.2. The molecule has 1 atom stereocenters. The molecule has 5 nitrogen and oxygen atoms in total. The smallest absolute Gasteiger partial charge is 0.223 e. The zero-order valence-electron chi connectivity index (χ0n) is 9.15. The van der Waals surface area contributed by atoms with Crippen LogP contribution in [0.5, 0.6) is 0 Å². The molecule has 0 aliphatic heterocycles. The Morgan fingerprint density at radius 1 is 1.56 bits per heavy atom. The van der Waals surface area contributed by atoms with Crippen molar-refractivity contribution >= 4 is 5.91 Å². The van der Waals surface area contributed by atoms with Gasteiger partial charge in [-0.3, -0.25) is 9.89 Å². The van der Waals surface area contributed by atoms with E-state index in [2.05, 4.69) is 32.7 Å². The van der Waals surface area contributed by atoms with Crippen LogP contribution in [-0.2, 0) is 11.2 Å². The van der Waals surface area contributed by atoms with Crippen LogP contribution in [-0.4, -0.2) is 27.6 Å². The molecule has 2 N–H and O–H groups in total. The third kappa shape index (κ3) is 2.92. The molecule has 2 rings (SSSR count). The highest BCUT2D eigenvalue weighted by Gasteiger charge is 2.17. The standard InChI is InChI=1S/C11H16N4O/c16-11(9-4-2-1-3-5-9)12-7-6-10-13-8-14-15-10/h1-2,8-9H,3-7H2,(H,12,16)(H,13,14,15). The van der Waals surface area contributed by atoms with Gasteiger partial charge in [0.25, 0.3) is 0 Å². The van der Waals surface area contributed by atoms with E-state index in [0.29, 0.717) is 13.0 Å². The van der Waals surface area contributed by atoms with Crippen molar-refractivity contribution in [1.29, 1.82) is 0 Å². The first-order chi connectivity index (χ1) is 7.86. The molecule has 1 aliphatic rings. The number of rotatable bonds is 4. The van der Waals surface area contributed by atoms with Crippen LogP contribution in [0.25, 0.3) is 0 Å². The lowest BCUT2D eigenvalue weighted by Crippen LogP contribution is -2.32.